The normalized spacial score (nSPS) is 19.8. The Morgan fingerprint density at radius 1 is 1.33 bits per heavy atom. The molecule has 0 aliphatic carbocycles. The van der Waals surface area contributed by atoms with Crippen LogP contribution in [0.2, 0.25) is 0 Å². The summed E-state index contributed by atoms with van der Waals surface area (Å²) in [6, 6.07) is 0. The van der Waals surface area contributed by atoms with Gasteiger partial charge in [-0.3, -0.25) is 0 Å². The van der Waals surface area contributed by atoms with Gasteiger partial charge >= 0.3 is 0 Å². The Labute approximate surface area is 74.7 Å². The maximum Gasteiger partial charge on any atom is 0.104 e. The molecule has 1 N–H and O–H groups in total. The first kappa shape index (κ1) is 11.9. The van der Waals surface area contributed by atoms with Gasteiger partial charge in [-0.05, 0) is 12.8 Å². The fourth-order valence-corrected chi connectivity index (χ4v) is 0.564. The van der Waals surface area contributed by atoms with E-state index in [9.17, 15) is 0 Å². The Morgan fingerprint density at radius 3 is 2.00 bits per heavy atom. The molecule has 1 saturated heterocycles. The van der Waals surface area contributed by atoms with Crippen LogP contribution in [0.1, 0.15) is 26.7 Å². The SMILES string of the molecule is CCCOCCC.OCC1CO1. The molecule has 0 aromatic heterocycles. The molecule has 1 fully saturated rings. The van der Waals surface area contributed by atoms with Gasteiger partial charge in [-0.25, -0.2) is 0 Å². The maximum atomic E-state index is 8.08. The van der Waals surface area contributed by atoms with Crippen molar-refractivity contribution in [2.75, 3.05) is 26.4 Å². The van der Waals surface area contributed by atoms with Crippen LogP contribution in [0.25, 0.3) is 0 Å². The molecule has 0 spiro atoms. The highest BCUT2D eigenvalue weighted by atomic mass is 16.6. The second kappa shape index (κ2) is 8.97. The van der Waals surface area contributed by atoms with Crippen LogP contribution in [0, 0.1) is 0 Å². The van der Waals surface area contributed by atoms with E-state index in [1.807, 2.05) is 0 Å². The Balaban J connectivity index is 0.000000211. The highest BCUT2D eigenvalue weighted by molar-refractivity contribution is 4.65. The molecule has 3 nitrogen and oxygen atoms in total. The molecule has 1 aliphatic rings. The van der Waals surface area contributed by atoms with Crippen LogP contribution in [0.5, 0.6) is 0 Å². The van der Waals surface area contributed by atoms with Gasteiger partial charge in [-0.1, -0.05) is 13.8 Å². The van der Waals surface area contributed by atoms with Crippen molar-refractivity contribution in [1.29, 1.82) is 0 Å². The van der Waals surface area contributed by atoms with Gasteiger partial charge < -0.3 is 14.6 Å². The predicted octanol–water partition coefficient (Wildman–Crippen LogP) is 1.20. The van der Waals surface area contributed by atoms with Crippen molar-refractivity contribution < 1.29 is 14.6 Å². The summed E-state index contributed by atoms with van der Waals surface area (Å²) in [5.74, 6) is 0. The predicted molar refractivity (Wildman–Crippen MR) is 48.2 cm³/mol. The van der Waals surface area contributed by atoms with Crippen LogP contribution >= 0.6 is 0 Å². The van der Waals surface area contributed by atoms with Crippen LogP contribution in [0.4, 0.5) is 0 Å². The van der Waals surface area contributed by atoms with Crippen LogP contribution in [0.15, 0.2) is 0 Å². The summed E-state index contributed by atoms with van der Waals surface area (Å²) in [6.45, 7) is 7.05. The highest BCUT2D eigenvalue weighted by Crippen LogP contribution is 2.04. The molecule has 0 aromatic rings. The third kappa shape index (κ3) is 9.88. The number of ether oxygens (including phenoxy) is 2. The Hall–Kier alpha value is -0.120. The molecule has 74 valence electrons. The summed E-state index contributed by atoms with van der Waals surface area (Å²) in [4.78, 5) is 0. The second-order valence-corrected chi connectivity index (χ2v) is 2.75. The van der Waals surface area contributed by atoms with E-state index in [-0.39, 0.29) is 12.7 Å². The van der Waals surface area contributed by atoms with Gasteiger partial charge in [0.1, 0.15) is 6.10 Å². The average molecular weight is 176 g/mol. The van der Waals surface area contributed by atoms with Crippen molar-refractivity contribution >= 4 is 0 Å². The molecule has 12 heavy (non-hydrogen) atoms. The lowest BCUT2D eigenvalue weighted by Crippen LogP contribution is -1.92. The van der Waals surface area contributed by atoms with E-state index in [0.29, 0.717) is 0 Å². The molecular formula is C9H20O3. The average Bonchev–Trinajstić information content (AvgIpc) is 2.89. The molecular weight excluding hydrogens is 156 g/mol. The summed E-state index contributed by atoms with van der Waals surface area (Å²) in [6.07, 6.45) is 2.47. The van der Waals surface area contributed by atoms with Gasteiger partial charge in [-0.15, -0.1) is 0 Å². The van der Waals surface area contributed by atoms with Crippen LogP contribution in [-0.4, -0.2) is 37.6 Å². The molecule has 1 atom stereocenters. The smallest absolute Gasteiger partial charge is 0.104 e. The number of epoxide rings is 1. The van der Waals surface area contributed by atoms with Gasteiger partial charge in [0.05, 0.1) is 13.2 Å². The van der Waals surface area contributed by atoms with E-state index in [4.69, 9.17) is 9.84 Å². The summed E-state index contributed by atoms with van der Waals surface area (Å²) >= 11 is 0. The van der Waals surface area contributed by atoms with Crippen LogP contribution < -0.4 is 0 Å². The van der Waals surface area contributed by atoms with Gasteiger partial charge in [0, 0.05) is 13.2 Å². The number of aliphatic hydroxyl groups is 1. The number of hydrogen-bond acceptors (Lipinski definition) is 3. The highest BCUT2D eigenvalue weighted by Gasteiger charge is 2.19. The molecule has 0 aromatic carbocycles. The maximum absolute atomic E-state index is 8.08. The minimum Gasteiger partial charge on any atom is -0.394 e. The summed E-state index contributed by atoms with van der Waals surface area (Å²) in [5, 5.41) is 8.08. The van der Waals surface area contributed by atoms with E-state index < -0.39 is 0 Å². The third-order valence-corrected chi connectivity index (χ3v) is 1.30. The molecule has 1 rings (SSSR count). The zero-order valence-electron chi connectivity index (χ0n) is 8.08. The second-order valence-electron chi connectivity index (χ2n) is 2.75. The lowest BCUT2D eigenvalue weighted by atomic mass is 10.5. The zero-order valence-corrected chi connectivity index (χ0v) is 8.08. The quantitative estimate of drug-likeness (QED) is 0.505. The van der Waals surface area contributed by atoms with Crippen molar-refractivity contribution in [3.63, 3.8) is 0 Å². The lowest BCUT2D eigenvalue weighted by molar-refractivity contribution is 0.135. The monoisotopic (exact) mass is 176 g/mol. The molecule has 0 saturated carbocycles. The Kier molecular flexibility index (Phi) is 8.88. The minimum atomic E-state index is 0.190. The van der Waals surface area contributed by atoms with Gasteiger partial charge in [-0.2, -0.15) is 0 Å². The zero-order chi connectivity index (χ0) is 9.23. The third-order valence-electron chi connectivity index (χ3n) is 1.30. The number of hydrogen-bond donors (Lipinski definition) is 1. The minimum absolute atomic E-state index is 0.190. The first-order valence-corrected chi connectivity index (χ1v) is 4.65. The van der Waals surface area contributed by atoms with Gasteiger partial charge in [0.25, 0.3) is 0 Å². The Bertz CT molecular complexity index is 77.8. The Morgan fingerprint density at radius 2 is 1.83 bits per heavy atom. The fraction of sp³-hybridized carbons (Fsp3) is 1.00. The van der Waals surface area contributed by atoms with Crippen LogP contribution in [0.3, 0.4) is 0 Å². The number of aliphatic hydroxyl groups excluding tert-OH is 1. The van der Waals surface area contributed by atoms with Crippen molar-refractivity contribution in [3.05, 3.63) is 0 Å². The molecule has 0 radical (unpaired) electrons. The van der Waals surface area contributed by atoms with Crippen molar-refractivity contribution in [3.8, 4) is 0 Å². The van der Waals surface area contributed by atoms with Crippen molar-refractivity contribution in [1.82, 2.24) is 0 Å². The van der Waals surface area contributed by atoms with E-state index in [1.54, 1.807) is 0 Å². The van der Waals surface area contributed by atoms with Crippen molar-refractivity contribution in [2.45, 2.75) is 32.8 Å². The van der Waals surface area contributed by atoms with Crippen molar-refractivity contribution in [2.24, 2.45) is 0 Å². The first-order chi connectivity index (χ1) is 5.85. The van der Waals surface area contributed by atoms with Gasteiger partial charge in [0.2, 0.25) is 0 Å². The molecule has 1 heterocycles. The number of rotatable bonds is 5. The van der Waals surface area contributed by atoms with E-state index in [2.05, 4.69) is 18.6 Å². The molecule has 0 amide bonds. The van der Waals surface area contributed by atoms with E-state index in [1.165, 1.54) is 0 Å². The van der Waals surface area contributed by atoms with Gasteiger partial charge in [0.15, 0.2) is 0 Å². The molecule has 0 bridgehead atoms. The van der Waals surface area contributed by atoms with Crippen LogP contribution in [-0.2, 0) is 9.47 Å². The topological polar surface area (TPSA) is 42.0 Å². The largest absolute Gasteiger partial charge is 0.394 e. The first-order valence-electron chi connectivity index (χ1n) is 4.65. The molecule has 3 heteroatoms. The molecule has 1 unspecified atom stereocenters. The van der Waals surface area contributed by atoms with E-state index >= 15 is 0 Å². The molecule has 1 aliphatic heterocycles. The summed E-state index contributed by atoms with van der Waals surface area (Å²) in [7, 11) is 0. The summed E-state index contributed by atoms with van der Waals surface area (Å²) < 4.78 is 9.74. The summed E-state index contributed by atoms with van der Waals surface area (Å²) in [5.41, 5.74) is 0. The standard InChI is InChI=1S/C6H14O.C3H6O2/c1-3-5-7-6-4-2;4-1-3-2-5-3/h3-6H2,1-2H3;3-4H,1-2H2. The van der Waals surface area contributed by atoms with E-state index in [0.717, 1.165) is 32.7 Å². The lowest BCUT2D eigenvalue weighted by Gasteiger charge is -1.95. The fourth-order valence-electron chi connectivity index (χ4n) is 0.564.